The summed E-state index contributed by atoms with van der Waals surface area (Å²) in [6.45, 7) is 1.60. The van der Waals surface area contributed by atoms with E-state index < -0.39 is 5.97 Å². The molecule has 0 spiro atoms. The zero-order valence-corrected chi connectivity index (χ0v) is 15.6. The van der Waals surface area contributed by atoms with E-state index in [0.717, 1.165) is 29.3 Å². The molecule has 4 nitrogen and oxygen atoms in total. The molecule has 0 heterocycles. The number of fused-ring (bicyclic) bond motifs is 1. The number of aryl methyl sites for hydroxylation is 2. The summed E-state index contributed by atoms with van der Waals surface area (Å²) >= 11 is 3.47. The summed E-state index contributed by atoms with van der Waals surface area (Å²) in [5.41, 5.74) is 3.99. The predicted octanol–water partition coefficient (Wildman–Crippen LogP) is 3.97. The lowest BCUT2D eigenvalue weighted by Gasteiger charge is -2.16. The standard InChI is InChI=1S/C20H20BrNO3/c1-13(17-7-2-3-8-18(17)21)22-19(23)12-25-20(24)16-10-9-14-5-4-6-15(14)11-16/h2-3,7-11,13H,4-6,12H2,1H3,(H,22,23)/t13-/m1/s1. The van der Waals surface area contributed by atoms with Gasteiger partial charge in [-0.3, -0.25) is 4.79 Å². The van der Waals surface area contributed by atoms with Crippen LogP contribution in [0, 0.1) is 0 Å². The van der Waals surface area contributed by atoms with Gasteiger partial charge in [0.2, 0.25) is 0 Å². The molecule has 3 rings (SSSR count). The number of halogens is 1. The van der Waals surface area contributed by atoms with Crippen molar-refractivity contribution in [2.45, 2.75) is 32.2 Å². The highest BCUT2D eigenvalue weighted by molar-refractivity contribution is 9.10. The molecule has 1 amide bonds. The van der Waals surface area contributed by atoms with Crippen molar-refractivity contribution in [3.8, 4) is 0 Å². The monoisotopic (exact) mass is 401 g/mol. The third kappa shape index (κ3) is 4.28. The lowest BCUT2D eigenvalue weighted by molar-refractivity contribution is -0.124. The molecule has 1 aliphatic rings. The third-order valence-corrected chi connectivity index (χ3v) is 5.14. The van der Waals surface area contributed by atoms with Crippen LogP contribution in [-0.4, -0.2) is 18.5 Å². The maximum Gasteiger partial charge on any atom is 0.338 e. The number of hydrogen-bond acceptors (Lipinski definition) is 3. The number of nitrogens with one attached hydrogen (secondary N) is 1. The van der Waals surface area contributed by atoms with Gasteiger partial charge in [-0.2, -0.15) is 0 Å². The van der Waals surface area contributed by atoms with Crippen LogP contribution in [0.5, 0.6) is 0 Å². The highest BCUT2D eigenvalue weighted by atomic mass is 79.9. The summed E-state index contributed by atoms with van der Waals surface area (Å²) in [5, 5.41) is 2.84. The Kier molecular flexibility index (Phi) is 5.53. The number of carbonyl (C=O) groups excluding carboxylic acids is 2. The normalized spacial score (nSPS) is 13.8. The van der Waals surface area contributed by atoms with Gasteiger partial charge in [-0.1, -0.05) is 40.2 Å². The Bertz CT molecular complexity index is 803. The second-order valence-corrected chi connectivity index (χ2v) is 7.08. The van der Waals surface area contributed by atoms with Gasteiger partial charge in [0, 0.05) is 4.47 Å². The first-order valence-electron chi connectivity index (χ1n) is 8.37. The number of carbonyl (C=O) groups is 2. The molecule has 2 aromatic carbocycles. The van der Waals surface area contributed by atoms with E-state index >= 15 is 0 Å². The van der Waals surface area contributed by atoms with Crippen molar-refractivity contribution >= 4 is 27.8 Å². The fourth-order valence-electron chi connectivity index (χ4n) is 3.10. The number of hydrogen-bond donors (Lipinski definition) is 1. The lowest BCUT2D eigenvalue weighted by atomic mass is 10.1. The minimum absolute atomic E-state index is 0.179. The molecule has 0 saturated carbocycles. The van der Waals surface area contributed by atoms with E-state index in [0.29, 0.717) is 5.56 Å². The molecule has 25 heavy (non-hydrogen) atoms. The largest absolute Gasteiger partial charge is 0.452 e. The lowest BCUT2D eigenvalue weighted by Crippen LogP contribution is -2.31. The number of benzene rings is 2. The van der Waals surface area contributed by atoms with Crippen molar-refractivity contribution in [2.75, 3.05) is 6.61 Å². The molecule has 130 valence electrons. The van der Waals surface area contributed by atoms with Gasteiger partial charge in [-0.25, -0.2) is 4.79 Å². The number of amides is 1. The average Bonchev–Trinajstić information content (AvgIpc) is 3.07. The topological polar surface area (TPSA) is 55.4 Å². The first-order valence-corrected chi connectivity index (χ1v) is 9.16. The molecule has 2 aromatic rings. The molecule has 0 aliphatic heterocycles. The van der Waals surface area contributed by atoms with Gasteiger partial charge in [0.25, 0.3) is 5.91 Å². The Balaban J connectivity index is 1.53. The fourth-order valence-corrected chi connectivity index (χ4v) is 3.73. The van der Waals surface area contributed by atoms with E-state index in [9.17, 15) is 9.59 Å². The van der Waals surface area contributed by atoms with Crippen LogP contribution in [0.15, 0.2) is 46.9 Å². The molecule has 0 radical (unpaired) electrons. The van der Waals surface area contributed by atoms with Gasteiger partial charge in [-0.15, -0.1) is 0 Å². The van der Waals surface area contributed by atoms with E-state index in [-0.39, 0.29) is 18.6 Å². The molecule has 0 saturated heterocycles. The summed E-state index contributed by atoms with van der Waals surface area (Å²) in [6.07, 6.45) is 3.20. The van der Waals surface area contributed by atoms with Gasteiger partial charge < -0.3 is 10.1 Å². The summed E-state index contributed by atoms with van der Waals surface area (Å²) in [4.78, 5) is 24.2. The van der Waals surface area contributed by atoms with Crippen molar-refractivity contribution in [3.63, 3.8) is 0 Å². The van der Waals surface area contributed by atoms with E-state index in [1.54, 1.807) is 6.07 Å². The molecule has 0 aromatic heterocycles. The van der Waals surface area contributed by atoms with Gasteiger partial charge in [0.05, 0.1) is 11.6 Å². The quantitative estimate of drug-likeness (QED) is 0.770. The van der Waals surface area contributed by atoms with Crippen LogP contribution in [0.25, 0.3) is 0 Å². The first-order chi connectivity index (χ1) is 12.0. The van der Waals surface area contributed by atoms with Crippen LogP contribution in [0.3, 0.4) is 0 Å². The van der Waals surface area contributed by atoms with E-state index in [2.05, 4.69) is 21.2 Å². The van der Waals surface area contributed by atoms with Gasteiger partial charge in [-0.05, 0) is 61.1 Å². The molecule has 1 aliphatic carbocycles. The second-order valence-electron chi connectivity index (χ2n) is 6.22. The van der Waals surface area contributed by atoms with Crippen molar-refractivity contribution in [1.29, 1.82) is 0 Å². The fraction of sp³-hybridized carbons (Fsp3) is 0.300. The zero-order chi connectivity index (χ0) is 17.8. The molecular weight excluding hydrogens is 382 g/mol. The van der Waals surface area contributed by atoms with Crippen LogP contribution < -0.4 is 5.32 Å². The van der Waals surface area contributed by atoms with Crippen LogP contribution in [0.1, 0.15) is 46.4 Å². The number of rotatable bonds is 5. The Morgan fingerprint density at radius 3 is 2.72 bits per heavy atom. The predicted molar refractivity (Wildman–Crippen MR) is 99.4 cm³/mol. The van der Waals surface area contributed by atoms with Crippen LogP contribution in [0.2, 0.25) is 0 Å². The molecule has 1 N–H and O–H groups in total. The number of esters is 1. The Hall–Kier alpha value is -2.14. The summed E-state index contributed by atoms with van der Waals surface area (Å²) in [6, 6.07) is 13.1. The summed E-state index contributed by atoms with van der Waals surface area (Å²) < 4.78 is 6.08. The Morgan fingerprint density at radius 2 is 1.92 bits per heavy atom. The molecule has 0 bridgehead atoms. The SMILES string of the molecule is C[C@@H](NC(=O)COC(=O)c1ccc2c(c1)CCC2)c1ccccc1Br. The van der Waals surface area contributed by atoms with E-state index in [1.807, 2.05) is 43.3 Å². The van der Waals surface area contributed by atoms with E-state index in [4.69, 9.17) is 4.74 Å². The maximum absolute atomic E-state index is 12.1. The molecule has 0 unspecified atom stereocenters. The smallest absolute Gasteiger partial charge is 0.338 e. The minimum atomic E-state index is -0.460. The van der Waals surface area contributed by atoms with Gasteiger partial charge in [0.1, 0.15) is 0 Å². The second kappa shape index (κ2) is 7.83. The summed E-state index contributed by atoms with van der Waals surface area (Å²) in [5.74, 6) is -0.781. The Morgan fingerprint density at radius 1 is 1.16 bits per heavy atom. The minimum Gasteiger partial charge on any atom is -0.452 e. The molecule has 5 heteroatoms. The van der Waals surface area contributed by atoms with E-state index in [1.165, 1.54) is 11.1 Å². The molecule has 1 atom stereocenters. The highest BCUT2D eigenvalue weighted by Gasteiger charge is 2.17. The molecule has 0 fully saturated rings. The molecular formula is C20H20BrNO3. The van der Waals surface area contributed by atoms with Crippen molar-refractivity contribution in [2.24, 2.45) is 0 Å². The van der Waals surface area contributed by atoms with Crippen molar-refractivity contribution in [1.82, 2.24) is 5.32 Å². The van der Waals surface area contributed by atoms with Crippen molar-refractivity contribution < 1.29 is 14.3 Å². The first kappa shape index (κ1) is 17.7. The summed E-state index contributed by atoms with van der Waals surface area (Å²) in [7, 11) is 0. The van der Waals surface area contributed by atoms with Crippen LogP contribution in [0.4, 0.5) is 0 Å². The van der Waals surface area contributed by atoms with Gasteiger partial charge >= 0.3 is 5.97 Å². The third-order valence-electron chi connectivity index (χ3n) is 4.42. The zero-order valence-electron chi connectivity index (χ0n) is 14.0. The average molecular weight is 402 g/mol. The highest BCUT2D eigenvalue weighted by Crippen LogP contribution is 2.24. The van der Waals surface area contributed by atoms with Crippen LogP contribution in [-0.2, 0) is 22.4 Å². The van der Waals surface area contributed by atoms with Crippen LogP contribution >= 0.6 is 15.9 Å². The van der Waals surface area contributed by atoms with Crippen molar-refractivity contribution in [3.05, 3.63) is 69.2 Å². The van der Waals surface area contributed by atoms with Gasteiger partial charge in [0.15, 0.2) is 6.61 Å². The number of ether oxygens (including phenoxy) is 1. The maximum atomic E-state index is 12.1. The Labute approximate surface area is 155 Å².